The van der Waals surface area contributed by atoms with E-state index in [0.29, 0.717) is 29.0 Å². The Kier molecular flexibility index (Phi) is 8.02. The van der Waals surface area contributed by atoms with Gasteiger partial charge in [-0.15, -0.1) is 0 Å². The van der Waals surface area contributed by atoms with Crippen molar-refractivity contribution in [2.24, 2.45) is 0 Å². The van der Waals surface area contributed by atoms with Gasteiger partial charge < -0.3 is 24.6 Å². The minimum atomic E-state index is -0.966. The molecule has 1 aliphatic heterocycles. The molecule has 8 nitrogen and oxygen atoms in total. The lowest BCUT2D eigenvalue weighted by molar-refractivity contribution is -0.140. The van der Waals surface area contributed by atoms with Gasteiger partial charge in [0.1, 0.15) is 17.3 Å². The van der Waals surface area contributed by atoms with Crippen LogP contribution in [0.3, 0.4) is 0 Å². The molecule has 2 N–H and O–H groups in total. The average Bonchev–Trinajstić information content (AvgIpc) is 3.15. The maximum Gasteiger partial charge on any atom is 0.338 e. The molecule has 4 rings (SSSR count). The summed E-state index contributed by atoms with van der Waals surface area (Å²) in [5, 5.41) is 21.3. The molecule has 0 aliphatic carbocycles. The number of phenolic OH excluding ortho intramolecular Hbond substituents is 1. The second-order valence-electron chi connectivity index (χ2n) is 8.51. The number of esters is 1. The Balaban J connectivity index is 1.79. The number of phenols is 1. The van der Waals surface area contributed by atoms with Crippen molar-refractivity contribution in [1.29, 1.82) is 0 Å². The van der Waals surface area contributed by atoms with Crippen LogP contribution in [0, 0.1) is 0 Å². The predicted octanol–water partition coefficient (Wildman–Crippen LogP) is 5.24. The van der Waals surface area contributed by atoms with Crippen molar-refractivity contribution in [3.05, 3.63) is 99.6 Å². The highest BCUT2D eigenvalue weighted by Crippen LogP contribution is 2.42. The molecule has 1 heterocycles. The molecule has 3 aromatic rings. The van der Waals surface area contributed by atoms with Crippen molar-refractivity contribution >= 4 is 35.0 Å². The first-order chi connectivity index (χ1) is 18.2. The minimum Gasteiger partial charge on any atom is -0.508 e. The summed E-state index contributed by atoms with van der Waals surface area (Å²) in [6.07, 6.45) is 0. The lowest BCUT2D eigenvalue weighted by Gasteiger charge is -2.25. The summed E-state index contributed by atoms with van der Waals surface area (Å²) >= 11 is 6.37. The Morgan fingerprint density at radius 1 is 0.974 bits per heavy atom. The number of Topliss-reactive ketones (excluding diaryl/α,β-unsaturated/α-hetero) is 1. The van der Waals surface area contributed by atoms with Crippen molar-refractivity contribution in [2.45, 2.75) is 26.4 Å². The van der Waals surface area contributed by atoms with Crippen molar-refractivity contribution in [3.63, 3.8) is 0 Å². The Bertz CT molecular complexity index is 1400. The van der Waals surface area contributed by atoms with Crippen molar-refractivity contribution in [2.75, 3.05) is 13.2 Å². The number of likely N-dealkylation sites (tertiary alicyclic amines) is 1. The van der Waals surface area contributed by atoms with Gasteiger partial charge in [0, 0.05) is 12.1 Å². The van der Waals surface area contributed by atoms with Crippen molar-refractivity contribution in [1.82, 2.24) is 4.90 Å². The highest BCUT2D eigenvalue weighted by atomic mass is 35.5. The van der Waals surface area contributed by atoms with Gasteiger partial charge in [0.2, 0.25) is 0 Å². The summed E-state index contributed by atoms with van der Waals surface area (Å²) in [7, 11) is 0. The Morgan fingerprint density at radius 3 is 2.29 bits per heavy atom. The van der Waals surface area contributed by atoms with E-state index in [1.165, 1.54) is 23.1 Å². The van der Waals surface area contributed by atoms with Crippen LogP contribution in [0.4, 0.5) is 0 Å². The van der Waals surface area contributed by atoms with E-state index in [1.807, 2.05) is 6.92 Å². The van der Waals surface area contributed by atoms with Crippen LogP contribution in [-0.4, -0.2) is 46.0 Å². The number of halogens is 1. The third-order valence-electron chi connectivity index (χ3n) is 6.07. The number of hydrogen-bond donors (Lipinski definition) is 2. The first-order valence-electron chi connectivity index (χ1n) is 12.0. The summed E-state index contributed by atoms with van der Waals surface area (Å²) in [6.45, 7) is 4.17. The van der Waals surface area contributed by atoms with Crippen LogP contribution in [0.1, 0.15) is 46.9 Å². The molecule has 9 heteroatoms. The smallest absolute Gasteiger partial charge is 0.338 e. The quantitative estimate of drug-likeness (QED) is 0.175. The number of aliphatic hydroxyl groups excluding tert-OH is 1. The molecule has 0 aromatic heterocycles. The Morgan fingerprint density at radius 2 is 1.66 bits per heavy atom. The zero-order valence-electron chi connectivity index (χ0n) is 20.8. The topological polar surface area (TPSA) is 113 Å². The number of ketones is 1. The summed E-state index contributed by atoms with van der Waals surface area (Å²) in [5.74, 6) is -2.14. The zero-order valence-corrected chi connectivity index (χ0v) is 21.6. The van der Waals surface area contributed by atoms with Gasteiger partial charge in [0.25, 0.3) is 11.7 Å². The highest BCUT2D eigenvalue weighted by molar-refractivity contribution is 6.47. The summed E-state index contributed by atoms with van der Waals surface area (Å²) in [4.78, 5) is 39.9. The number of carbonyl (C=O) groups is 3. The van der Waals surface area contributed by atoms with Crippen molar-refractivity contribution in [3.8, 4) is 11.5 Å². The number of benzene rings is 3. The first kappa shape index (κ1) is 26.8. The van der Waals surface area contributed by atoms with Gasteiger partial charge in [-0.1, -0.05) is 35.9 Å². The highest BCUT2D eigenvalue weighted by Gasteiger charge is 2.46. The van der Waals surface area contributed by atoms with E-state index in [4.69, 9.17) is 21.1 Å². The second kappa shape index (κ2) is 11.4. The number of ether oxygens (including phenoxy) is 2. The fourth-order valence-electron chi connectivity index (χ4n) is 4.29. The maximum atomic E-state index is 13.3. The molecule has 0 bridgehead atoms. The summed E-state index contributed by atoms with van der Waals surface area (Å²) < 4.78 is 10.5. The third kappa shape index (κ3) is 5.35. The van der Waals surface area contributed by atoms with Gasteiger partial charge in [0.15, 0.2) is 0 Å². The SMILES string of the molecule is CCOC(=O)c1ccc(CN2C(=O)C(=O)/C(=C(/O)c3cc(OCC)ccc3Cl)C2c2ccc(O)cc2)cc1. The van der Waals surface area contributed by atoms with E-state index in [-0.39, 0.29) is 35.1 Å². The Labute approximate surface area is 224 Å². The molecule has 1 saturated heterocycles. The summed E-state index contributed by atoms with van der Waals surface area (Å²) in [5.41, 5.74) is 1.53. The Hall–Kier alpha value is -4.30. The van der Waals surface area contributed by atoms with E-state index in [2.05, 4.69) is 0 Å². The molecule has 0 radical (unpaired) electrons. The van der Waals surface area contributed by atoms with E-state index >= 15 is 0 Å². The van der Waals surface area contributed by atoms with E-state index in [1.54, 1.807) is 55.5 Å². The molecule has 38 heavy (non-hydrogen) atoms. The fourth-order valence-corrected chi connectivity index (χ4v) is 4.50. The molecule has 0 spiro atoms. The zero-order chi connectivity index (χ0) is 27.4. The van der Waals surface area contributed by atoms with Crippen LogP contribution in [0.5, 0.6) is 11.5 Å². The molecular formula is C29H26ClNO7. The van der Waals surface area contributed by atoms with Crippen LogP contribution in [-0.2, 0) is 20.9 Å². The van der Waals surface area contributed by atoms with Gasteiger partial charge in [-0.25, -0.2) is 4.79 Å². The van der Waals surface area contributed by atoms with Crippen LogP contribution in [0.25, 0.3) is 5.76 Å². The van der Waals surface area contributed by atoms with Gasteiger partial charge in [-0.05, 0) is 67.4 Å². The number of nitrogens with zero attached hydrogens (tertiary/aromatic N) is 1. The van der Waals surface area contributed by atoms with Crippen LogP contribution < -0.4 is 4.74 Å². The van der Waals surface area contributed by atoms with Gasteiger partial charge in [0.05, 0.1) is 35.4 Å². The lowest BCUT2D eigenvalue weighted by atomic mass is 9.95. The largest absolute Gasteiger partial charge is 0.508 e. The van der Waals surface area contributed by atoms with Crippen LogP contribution in [0.2, 0.25) is 5.02 Å². The van der Waals surface area contributed by atoms with Crippen molar-refractivity contribution < 1.29 is 34.1 Å². The van der Waals surface area contributed by atoms with Crippen LogP contribution >= 0.6 is 11.6 Å². The molecule has 0 saturated carbocycles. The van der Waals surface area contributed by atoms with E-state index in [0.717, 1.165) is 0 Å². The number of aromatic hydroxyl groups is 1. The number of carbonyl (C=O) groups excluding carboxylic acids is 3. The molecule has 1 aliphatic rings. The number of rotatable bonds is 8. The second-order valence-corrected chi connectivity index (χ2v) is 8.92. The minimum absolute atomic E-state index is 0.00714. The monoisotopic (exact) mass is 535 g/mol. The van der Waals surface area contributed by atoms with Gasteiger partial charge in [-0.3, -0.25) is 9.59 Å². The number of hydrogen-bond acceptors (Lipinski definition) is 7. The average molecular weight is 536 g/mol. The molecule has 3 aromatic carbocycles. The van der Waals surface area contributed by atoms with E-state index < -0.39 is 29.5 Å². The molecule has 1 atom stereocenters. The van der Waals surface area contributed by atoms with Gasteiger partial charge >= 0.3 is 5.97 Å². The summed E-state index contributed by atoms with van der Waals surface area (Å²) in [6, 6.07) is 16.3. The molecule has 1 amide bonds. The molecule has 1 unspecified atom stereocenters. The molecular weight excluding hydrogens is 510 g/mol. The maximum absolute atomic E-state index is 13.3. The first-order valence-corrected chi connectivity index (χ1v) is 12.4. The van der Waals surface area contributed by atoms with Crippen LogP contribution in [0.15, 0.2) is 72.3 Å². The number of aliphatic hydroxyl groups is 1. The normalized spacial score (nSPS) is 16.5. The van der Waals surface area contributed by atoms with E-state index in [9.17, 15) is 24.6 Å². The molecule has 1 fully saturated rings. The molecule has 196 valence electrons. The van der Waals surface area contributed by atoms with Gasteiger partial charge in [-0.2, -0.15) is 0 Å². The lowest BCUT2D eigenvalue weighted by Crippen LogP contribution is -2.29. The fraction of sp³-hybridized carbons (Fsp3) is 0.207. The third-order valence-corrected chi connectivity index (χ3v) is 6.40. The predicted molar refractivity (Wildman–Crippen MR) is 141 cm³/mol. The standard InChI is InChI=1S/C29H26ClNO7/c1-3-37-21-13-14-23(30)22(15-21)26(33)24-25(18-9-11-20(32)12-10-18)31(28(35)27(24)34)16-17-5-7-19(8-6-17)29(36)38-4-2/h5-15,25,32-33H,3-4,16H2,1-2H3/b26-24+. The number of amides is 1.